The maximum absolute atomic E-state index is 10.1. The number of aliphatic hydroxyl groups excluding tert-OH is 1. The van der Waals surface area contributed by atoms with Gasteiger partial charge in [-0.1, -0.05) is 48.1 Å². The van der Waals surface area contributed by atoms with Gasteiger partial charge in [0.2, 0.25) is 0 Å². The molecular weight excluding hydrogens is 236 g/mol. The molecule has 2 atom stereocenters. The van der Waals surface area contributed by atoms with Crippen LogP contribution in [0.5, 0.6) is 0 Å². The van der Waals surface area contributed by atoms with Gasteiger partial charge in [-0.3, -0.25) is 0 Å². The highest BCUT2D eigenvalue weighted by Crippen LogP contribution is 2.25. The molecule has 1 aliphatic heterocycles. The molecular formula is C17H22O2. The fourth-order valence-corrected chi connectivity index (χ4v) is 2.37. The quantitative estimate of drug-likeness (QED) is 0.835. The number of ether oxygens (including phenoxy) is 1. The van der Waals surface area contributed by atoms with Crippen molar-refractivity contribution >= 4 is 0 Å². The van der Waals surface area contributed by atoms with Crippen LogP contribution < -0.4 is 0 Å². The fourth-order valence-electron chi connectivity index (χ4n) is 2.37. The number of benzene rings is 1. The zero-order chi connectivity index (χ0) is 13.7. The Morgan fingerprint density at radius 3 is 2.79 bits per heavy atom. The van der Waals surface area contributed by atoms with E-state index in [1.165, 1.54) is 11.1 Å². The first-order valence-electron chi connectivity index (χ1n) is 6.82. The van der Waals surface area contributed by atoms with Crippen LogP contribution in [-0.4, -0.2) is 18.3 Å². The molecule has 2 heteroatoms. The second kappa shape index (κ2) is 6.69. The summed E-state index contributed by atoms with van der Waals surface area (Å²) in [5.74, 6) is 0.382. The molecule has 0 aromatic heterocycles. The molecule has 1 heterocycles. The summed E-state index contributed by atoms with van der Waals surface area (Å²) < 4.78 is 5.50. The summed E-state index contributed by atoms with van der Waals surface area (Å²) in [6, 6.07) is 9.78. The van der Waals surface area contributed by atoms with Crippen LogP contribution in [0.4, 0.5) is 0 Å². The number of rotatable bonds is 4. The molecule has 19 heavy (non-hydrogen) atoms. The predicted molar refractivity (Wildman–Crippen MR) is 77.8 cm³/mol. The van der Waals surface area contributed by atoms with Crippen molar-refractivity contribution < 1.29 is 9.84 Å². The molecule has 1 N–H and O–H groups in total. The van der Waals surface area contributed by atoms with Crippen molar-refractivity contribution in [1.29, 1.82) is 0 Å². The maximum atomic E-state index is 10.1. The van der Waals surface area contributed by atoms with Gasteiger partial charge in [0, 0.05) is 5.92 Å². The average molecular weight is 258 g/mol. The third-order valence-electron chi connectivity index (χ3n) is 3.56. The Hall–Kier alpha value is -1.38. The van der Waals surface area contributed by atoms with Gasteiger partial charge in [-0.05, 0) is 31.4 Å². The largest absolute Gasteiger partial charge is 0.388 e. The van der Waals surface area contributed by atoms with Crippen LogP contribution in [-0.2, 0) is 4.74 Å². The molecule has 0 saturated carbocycles. The Morgan fingerprint density at radius 1 is 1.37 bits per heavy atom. The Bertz CT molecular complexity index is 455. The van der Waals surface area contributed by atoms with Crippen LogP contribution in [0.1, 0.15) is 31.9 Å². The van der Waals surface area contributed by atoms with Crippen molar-refractivity contribution in [3.63, 3.8) is 0 Å². The van der Waals surface area contributed by atoms with Crippen LogP contribution in [0, 0.1) is 5.92 Å². The highest BCUT2D eigenvalue weighted by atomic mass is 16.5. The second-order valence-corrected chi connectivity index (χ2v) is 5.24. The van der Waals surface area contributed by atoms with E-state index in [0.717, 1.165) is 18.8 Å². The third-order valence-corrected chi connectivity index (χ3v) is 3.56. The van der Waals surface area contributed by atoms with Crippen LogP contribution in [0.2, 0.25) is 0 Å². The summed E-state index contributed by atoms with van der Waals surface area (Å²) in [6.07, 6.45) is 4.47. The van der Waals surface area contributed by atoms with Gasteiger partial charge >= 0.3 is 0 Å². The topological polar surface area (TPSA) is 29.5 Å². The minimum absolute atomic E-state index is 0.382. The van der Waals surface area contributed by atoms with Gasteiger partial charge in [0.1, 0.15) is 0 Å². The number of hydrogen-bond donors (Lipinski definition) is 1. The van der Waals surface area contributed by atoms with Crippen molar-refractivity contribution in [1.82, 2.24) is 0 Å². The molecule has 2 rings (SSSR count). The molecule has 0 spiro atoms. The standard InChI is InChI=1S/C17H22O2/c1-13(2)16-12-19-11-15(16)9-6-10-17(18)14-7-4-3-5-8-14/h3-9,15,17-18H,10-12H2,1-2H3/b9-6+/t15-,17+/m1/s1. The van der Waals surface area contributed by atoms with Gasteiger partial charge in [0.15, 0.2) is 0 Å². The molecule has 0 unspecified atom stereocenters. The van der Waals surface area contributed by atoms with E-state index in [9.17, 15) is 5.11 Å². The molecule has 2 nitrogen and oxygen atoms in total. The summed E-state index contributed by atoms with van der Waals surface area (Å²) >= 11 is 0. The SMILES string of the molecule is CC(C)=C1COC[C@H]1/C=C/C[C@H](O)c1ccccc1. The minimum Gasteiger partial charge on any atom is -0.388 e. The molecule has 1 aromatic carbocycles. The Kier molecular flexibility index (Phi) is 4.94. The van der Waals surface area contributed by atoms with E-state index in [4.69, 9.17) is 4.74 Å². The second-order valence-electron chi connectivity index (χ2n) is 5.24. The van der Waals surface area contributed by atoms with Crippen molar-refractivity contribution in [3.05, 3.63) is 59.2 Å². The molecule has 0 amide bonds. The van der Waals surface area contributed by atoms with E-state index in [2.05, 4.69) is 26.0 Å². The van der Waals surface area contributed by atoms with E-state index in [0.29, 0.717) is 12.3 Å². The molecule has 102 valence electrons. The lowest BCUT2D eigenvalue weighted by Gasteiger charge is -2.09. The van der Waals surface area contributed by atoms with Gasteiger partial charge in [-0.25, -0.2) is 0 Å². The average Bonchev–Trinajstić information content (AvgIpc) is 2.88. The monoisotopic (exact) mass is 258 g/mol. The van der Waals surface area contributed by atoms with E-state index in [-0.39, 0.29) is 0 Å². The van der Waals surface area contributed by atoms with Crippen molar-refractivity contribution in [2.75, 3.05) is 13.2 Å². The molecule has 1 aliphatic rings. The number of allylic oxidation sites excluding steroid dienone is 1. The normalized spacial score (nSPS) is 21.0. The highest BCUT2D eigenvalue weighted by Gasteiger charge is 2.19. The van der Waals surface area contributed by atoms with Crippen LogP contribution in [0.25, 0.3) is 0 Å². The van der Waals surface area contributed by atoms with Crippen molar-refractivity contribution in [3.8, 4) is 0 Å². The van der Waals surface area contributed by atoms with Crippen molar-refractivity contribution in [2.45, 2.75) is 26.4 Å². The van der Waals surface area contributed by atoms with Crippen molar-refractivity contribution in [2.24, 2.45) is 5.92 Å². The summed E-state index contributed by atoms with van der Waals surface area (Å²) in [6.45, 7) is 5.77. The number of aliphatic hydroxyl groups is 1. The minimum atomic E-state index is -0.421. The molecule has 1 fully saturated rings. The van der Waals surface area contributed by atoms with Gasteiger partial charge in [0.25, 0.3) is 0 Å². The van der Waals surface area contributed by atoms with Gasteiger partial charge in [0.05, 0.1) is 19.3 Å². The summed E-state index contributed by atoms with van der Waals surface area (Å²) in [4.78, 5) is 0. The number of hydrogen-bond acceptors (Lipinski definition) is 2. The maximum Gasteiger partial charge on any atom is 0.0824 e. The van der Waals surface area contributed by atoms with Crippen LogP contribution >= 0.6 is 0 Å². The Labute approximate surface area is 115 Å². The van der Waals surface area contributed by atoms with E-state index < -0.39 is 6.10 Å². The Morgan fingerprint density at radius 2 is 2.11 bits per heavy atom. The zero-order valence-electron chi connectivity index (χ0n) is 11.7. The van der Waals surface area contributed by atoms with E-state index in [1.54, 1.807) is 0 Å². The molecule has 1 saturated heterocycles. The molecule has 0 aliphatic carbocycles. The van der Waals surface area contributed by atoms with Crippen LogP contribution in [0.15, 0.2) is 53.6 Å². The van der Waals surface area contributed by atoms with E-state index in [1.807, 2.05) is 30.3 Å². The van der Waals surface area contributed by atoms with Crippen LogP contribution in [0.3, 0.4) is 0 Å². The first-order chi connectivity index (χ1) is 9.18. The smallest absolute Gasteiger partial charge is 0.0824 e. The molecule has 0 radical (unpaired) electrons. The summed E-state index contributed by atoms with van der Waals surface area (Å²) in [7, 11) is 0. The van der Waals surface area contributed by atoms with Gasteiger partial charge < -0.3 is 9.84 Å². The van der Waals surface area contributed by atoms with Gasteiger partial charge in [-0.2, -0.15) is 0 Å². The first-order valence-corrected chi connectivity index (χ1v) is 6.82. The lowest BCUT2D eigenvalue weighted by molar-refractivity contribution is 0.181. The highest BCUT2D eigenvalue weighted by molar-refractivity contribution is 5.22. The molecule has 1 aromatic rings. The fraction of sp³-hybridized carbons (Fsp3) is 0.412. The van der Waals surface area contributed by atoms with Gasteiger partial charge in [-0.15, -0.1) is 0 Å². The predicted octanol–water partition coefficient (Wildman–Crippen LogP) is 3.65. The molecule has 0 bridgehead atoms. The lowest BCUT2D eigenvalue weighted by atomic mass is 9.97. The Balaban J connectivity index is 1.92. The summed E-state index contributed by atoms with van der Waals surface area (Å²) in [5, 5.41) is 10.1. The third kappa shape index (κ3) is 3.79. The summed E-state index contributed by atoms with van der Waals surface area (Å²) in [5.41, 5.74) is 3.69. The zero-order valence-corrected chi connectivity index (χ0v) is 11.7. The van der Waals surface area contributed by atoms with E-state index >= 15 is 0 Å². The first kappa shape index (κ1) is 14.0. The lowest BCUT2D eigenvalue weighted by Crippen LogP contribution is -2.00.